The molecule has 0 aromatic carbocycles. The molecule has 0 aromatic rings. The van der Waals surface area contributed by atoms with Crippen LogP contribution in [-0.4, -0.2) is 67.2 Å². The van der Waals surface area contributed by atoms with Gasteiger partial charge >= 0.3 is 0 Å². The van der Waals surface area contributed by atoms with E-state index in [1.54, 1.807) is 0 Å². The average Bonchev–Trinajstić information content (AvgIpc) is 2.44. The Labute approximate surface area is 127 Å². The summed E-state index contributed by atoms with van der Waals surface area (Å²) in [6.45, 7) is 9.83. The van der Waals surface area contributed by atoms with E-state index in [0.717, 1.165) is 45.6 Å². The van der Waals surface area contributed by atoms with Crippen LogP contribution in [0.5, 0.6) is 0 Å². The highest BCUT2D eigenvalue weighted by Crippen LogP contribution is 2.33. The van der Waals surface area contributed by atoms with E-state index in [4.69, 9.17) is 4.74 Å². The number of hydrogen-bond acceptors (Lipinski definition) is 3. The number of ether oxygens (including phenoxy) is 1. The average molecular weight is 304 g/mol. The van der Waals surface area contributed by atoms with Crippen LogP contribution in [-0.2, 0) is 4.74 Å². The molecule has 1 atom stereocenters. The van der Waals surface area contributed by atoms with Crippen LogP contribution in [0.4, 0.5) is 8.78 Å². The van der Waals surface area contributed by atoms with Gasteiger partial charge in [-0.1, -0.05) is 6.92 Å². The van der Waals surface area contributed by atoms with Gasteiger partial charge in [-0.2, -0.15) is 0 Å². The lowest BCUT2D eigenvalue weighted by molar-refractivity contribution is -0.132. The molecular formula is C16H30F2N2O. The molecule has 5 heteroatoms. The van der Waals surface area contributed by atoms with E-state index in [-0.39, 0.29) is 12.6 Å². The summed E-state index contributed by atoms with van der Waals surface area (Å²) in [5, 5.41) is 0. The van der Waals surface area contributed by atoms with Crippen molar-refractivity contribution in [1.82, 2.24) is 9.80 Å². The molecule has 21 heavy (non-hydrogen) atoms. The second-order valence-corrected chi connectivity index (χ2v) is 6.80. The van der Waals surface area contributed by atoms with Crippen LogP contribution < -0.4 is 0 Å². The van der Waals surface area contributed by atoms with Crippen molar-refractivity contribution in [2.75, 3.05) is 39.3 Å². The summed E-state index contributed by atoms with van der Waals surface area (Å²) >= 11 is 0. The topological polar surface area (TPSA) is 15.7 Å². The number of hydrogen-bond donors (Lipinski definition) is 0. The highest BCUT2D eigenvalue weighted by molar-refractivity contribution is 4.94. The lowest BCUT2D eigenvalue weighted by Crippen LogP contribution is -2.59. The molecule has 2 aliphatic heterocycles. The molecule has 0 aromatic heterocycles. The lowest BCUT2D eigenvalue weighted by Gasteiger charge is -2.45. The summed E-state index contributed by atoms with van der Waals surface area (Å²) in [7, 11) is 0. The zero-order valence-corrected chi connectivity index (χ0v) is 13.7. The minimum absolute atomic E-state index is 0.0788. The van der Waals surface area contributed by atoms with Crippen molar-refractivity contribution in [3.05, 3.63) is 0 Å². The molecule has 2 saturated heterocycles. The third-order valence-corrected chi connectivity index (χ3v) is 4.84. The van der Waals surface area contributed by atoms with Gasteiger partial charge in [0.1, 0.15) is 0 Å². The molecule has 0 bridgehead atoms. The molecule has 2 heterocycles. The Morgan fingerprint density at radius 2 is 1.81 bits per heavy atom. The highest BCUT2D eigenvalue weighted by atomic mass is 19.3. The normalized spacial score (nSPS) is 29.1. The van der Waals surface area contributed by atoms with Crippen molar-refractivity contribution < 1.29 is 13.5 Å². The second-order valence-electron chi connectivity index (χ2n) is 6.80. The summed E-state index contributed by atoms with van der Waals surface area (Å²) in [5.41, 5.74) is 0. The summed E-state index contributed by atoms with van der Waals surface area (Å²) < 4.78 is 34.3. The molecule has 2 rings (SSSR count). The van der Waals surface area contributed by atoms with Gasteiger partial charge in [-0.15, -0.1) is 0 Å². The van der Waals surface area contributed by atoms with Gasteiger partial charge in [0, 0.05) is 13.2 Å². The molecule has 0 aliphatic carbocycles. The number of piperidine rings is 2. The maximum atomic E-state index is 14.3. The van der Waals surface area contributed by atoms with Crippen LogP contribution in [0.2, 0.25) is 0 Å². The van der Waals surface area contributed by atoms with E-state index in [0.29, 0.717) is 12.3 Å². The maximum Gasteiger partial charge on any atom is 0.275 e. The van der Waals surface area contributed by atoms with Gasteiger partial charge in [-0.3, -0.25) is 9.80 Å². The molecule has 0 amide bonds. The third-order valence-electron chi connectivity index (χ3n) is 4.84. The third kappa shape index (κ3) is 4.60. The Hall–Kier alpha value is -0.260. The number of halogens is 2. The lowest BCUT2D eigenvalue weighted by atomic mass is 9.92. The number of rotatable bonds is 5. The quantitative estimate of drug-likeness (QED) is 0.777. The second kappa shape index (κ2) is 7.34. The monoisotopic (exact) mass is 304 g/mol. The Kier molecular flexibility index (Phi) is 5.97. The first-order chi connectivity index (χ1) is 9.92. The van der Waals surface area contributed by atoms with E-state index < -0.39 is 12.0 Å². The van der Waals surface area contributed by atoms with Gasteiger partial charge in [-0.25, -0.2) is 8.78 Å². The predicted molar refractivity (Wildman–Crippen MR) is 80.9 cm³/mol. The molecule has 0 radical (unpaired) electrons. The maximum absolute atomic E-state index is 14.3. The molecule has 124 valence electrons. The summed E-state index contributed by atoms with van der Waals surface area (Å²) in [6.07, 6.45) is 2.81. The minimum atomic E-state index is -2.57. The van der Waals surface area contributed by atoms with Crippen molar-refractivity contribution in [2.24, 2.45) is 5.92 Å². The number of nitrogens with zero attached hydrogens (tertiary/aromatic N) is 2. The zero-order valence-electron chi connectivity index (χ0n) is 13.7. The van der Waals surface area contributed by atoms with Crippen molar-refractivity contribution in [3.8, 4) is 0 Å². The van der Waals surface area contributed by atoms with Crippen LogP contribution in [0, 0.1) is 5.92 Å². The largest absolute Gasteiger partial charge is 0.379 e. The van der Waals surface area contributed by atoms with Crippen LogP contribution in [0.3, 0.4) is 0 Å². The van der Waals surface area contributed by atoms with E-state index in [9.17, 15) is 8.78 Å². The molecule has 1 unspecified atom stereocenters. The molecule has 2 aliphatic rings. The van der Waals surface area contributed by atoms with Crippen LogP contribution in [0.25, 0.3) is 0 Å². The first-order valence-corrected chi connectivity index (χ1v) is 8.38. The van der Waals surface area contributed by atoms with Crippen LogP contribution in [0.1, 0.15) is 40.0 Å². The number of likely N-dealkylation sites (tertiary alicyclic amines) is 2. The highest BCUT2D eigenvalue weighted by Gasteiger charge is 2.47. The summed E-state index contributed by atoms with van der Waals surface area (Å²) in [5.74, 6) is -2.04. The van der Waals surface area contributed by atoms with Gasteiger partial charge < -0.3 is 4.74 Å². The smallest absolute Gasteiger partial charge is 0.275 e. The fourth-order valence-corrected chi connectivity index (χ4v) is 3.48. The van der Waals surface area contributed by atoms with Gasteiger partial charge in [0.15, 0.2) is 0 Å². The standard InChI is InChI=1S/C16H30F2N2O/c1-4-19-8-7-15(16(17,18)12-19)20-9-5-14(6-10-20)11-21-13(2)3/h13-15H,4-12H2,1-3H3. The molecule has 3 nitrogen and oxygen atoms in total. The molecule has 0 spiro atoms. The van der Waals surface area contributed by atoms with Crippen LogP contribution in [0.15, 0.2) is 0 Å². The Morgan fingerprint density at radius 3 is 2.33 bits per heavy atom. The molecule has 0 saturated carbocycles. The van der Waals surface area contributed by atoms with E-state index in [1.807, 2.05) is 30.6 Å². The van der Waals surface area contributed by atoms with Crippen molar-refractivity contribution in [2.45, 2.75) is 58.1 Å². The van der Waals surface area contributed by atoms with E-state index >= 15 is 0 Å². The van der Waals surface area contributed by atoms with Gasteiger partial charge in [-0.05, 0) is 58.7 Å². The van der Waals surface area contributed by atoms with Crippen LogP contribution >= 0.6 is 0 Å². The van der Waals surface area contributed by atoms with E-state index in [2.05, 4.69) is 0 Å². The Bertz CT molecular complexity index is 317. The van der Waals surface area contributed by atoms with Crippen molar-refractivity contribution in [3.63, 3.8) is 0 Å². The first kappa shape index (κ1) is 17.1. The van der Waals surface area contributed by atoms with Gasteiger partial charge in [0.2, 0.25) is 0 Å². The molecule has 0 N–H and O–H groups in total. The van der Waals surface area contributed by atoms with Crippen molar-refractivity contribution in [1.29, 1.82) is 0 Å². The van der Waals surface area contributed by atoms with Gasteiger partial charge in [0.05, 0.1) is 18.7 Å². The fraction of sp³-hybridized carbons (Fsp3) is 1.00. The Morgan fingerprint density at radius 1 is 1.14 bits per heavy atom. The minimum Gasteiger partial charge on any atom is -0.379 e. The van der Waals surface area contributed by atoms with Gasteiger partial charge in [0.25, 0.3) is 5.92 Å². The zero-order chi connectivity index (χ0) is 15.5. The number of alkyl halides is 2. The molecule has 2 fully saturated rings. The fourth-order valence-electron chi connectivity index (χ4n) is 3.48. The molecular weight excluding hydrogens is 274 g/mol. The van der Waals surface area contributed by atoms with Crippen molar-refractivity contribution >= 4 is 0 Å². The Balaban J connectivity index is 1.81. The summed E-state index contributed by atoms with van der Waals surface area (Å²) in [4.78, 5) is 3.89. The SMILES string of the molecule is CCN1CCC(N2CCC(COC(C)C)CC2)C(F)(F)C1. The first-order valence-electron chi connectivity index (χ1n) is 8.38. The van der Waals surface area contributed by atoms with E-state index in [1.165, 1.54) is 0 Å². The summed E-state index contributed by atoms with van der Waals surface area (Å²) in [6, 6.07) is -0.563. The predicted octanol–water partition coefficient (Wildman–Crippen LogP) is 2.85.